The molecule has 0 aliphatic heterocycles. The summed E-state index contributed by atoms with van der Waals surface area (Å²) in [4.78, 5) is 9.36. The molecule has 0 heterocycles. The third kappa shape index (κ3) is 33.4. The van der Waals surface area contributed by atoms with E-state index in [1.54, 1.807) is 0 Å². The van der Waals surface area contributed by atoms with E-state index in [2.05, 4.69) is 149 Å². The number of hydrogen-bond donors (Lipinski definition) is 0. The Morgan fingerprint density at radius 1 is 0.395 bits per heavy atom. The molecule has 0 radical (unpaired) electrons. The number of halogens is 6. The Hall–Kier alpha value is -5.61. The Labute approximate surface area is 471 Å². The van der Waals surface area contributed by atoms with Gasteiger partial charge >= 0.3 is 50.0 Å². The molecule has 6 aromatic rings. The number of aliphatic imine (C=N–C) groups is 2. The van der Waals surface area contributed by atoms with Crippen molar-refractivity contribution in [3.63, 3.8) is 0 Å². The zero-order valence-corrected chi connectivity index (χ0v) is 49.2. The molecule has 0 aliphatic rings. The SMILES string of the molecule is CC(/C=C(/C)[N-]c1cc(C)cc(C)c1)=Nc1cc(C)cc(C)c1.CC(/C=C(/C)[N-]c1cc(C)cc(C)c1)=Nc1cc(C)cc(C)c1.O=S(=O)([O-])C(F)(F)F.O=S(=O)([O-])C(F)(F)F.[Ru+2].[Ru+2].c1ccccc1.c1ccccc1. The average molecular weight is 1270 g/mol. The number of nitrogens with zero attached hydrogens (tertiary/aromatic N) is 4. The predicted molar refractivity (Wildman–Crippen MR) is 287 cm³/mol. The largest absolute Gasteiger partial charge is 2.00 e. The molecule has 0 N–H and O–H groups in total. The molecule has 0 bridgehead atoms. The fourth-order valence-electron chi connectivity index (χ4n) is 6.38. The third-order valence-electron chi connectivity index (χ3n) is 8.78. The first-order valence-corrected chi connectivity index (χ1v) is 25.2. The predicted octanol–water partition coefficient (Wildman–Crippen LogP) is 16.7. The van der Waals surface area contributed by atoms with E-state index >= 15 is 0 Å². The van der Waals surface area contributed by atoms with Crippen LogP contribution >= 0.6 is 0 Å². The molecule has 0 saturated carbocycles. The van der Waals surface area contributed by atoms with Gasteiger partial charge in [0.25, 0.3) is 0 Å². The number of rotatable bonds is 8. The minimum atomic E-state index is -6.09. The maximum Gasteiger partial charge on any atom is 2.00 e. The minimum Gasteiger partial charge on any atom is -0.741 e. The minimum absolute atomic E-state index is 0. The fraction of sp³-hybridized carbons (Fsp3) is 0.250. The van der Waals surface area contributed by atoms with Crippen LogP contribution in [0.15, 0.2) is 179 Å². The summed E-state index contributed by atoms with van der Waals surface area (Å²) in [5, 5.41) is 9.36. The van der Waals surface area contributed by atoms with Crippen LogP contribution in [0.4, 0.5) is 49.1 Å². The summed E-state index contributed by atoms with van der Waals surface area (Å²) in [6.45, 7) is 24.8. The number of hydrogen-bond acceptors (Lipinski definition) is 8. The molecule has 0 aliphatic carbocycles. The zero-order chi connectivity index (χ0) is 56.5. The van der Waals surface area contributed by atoms with E-state index in [1.165, 1.54) is 44.5 Å². The average Bonchev–Trinajstić information content (AvgIpc) is 3.23. The van der Waals surface area contributed by atoms with Crippen molar-refractivity contribution in [1.29, 1.82) is 0 Å². The van der Waals surface area contributed by atoms with Crippen LogP contribution in [0.5, 0.6) is 0 Å². The van der Waals surface area contributed by atoms with Crippen molar-refractivity contribution in [1.82, 2.24) is 0 Å². The fourth-order valence-corrected chi connectivity index (χ4v) is 6.38. The Morgan fingerprint density at radius 2 is 0.566 bits per heavy atom. The van der Waals surface area contributed by atoms with E-state index in [1.807, 2.05) is 113 Å². The Morgan fingerprint density at radius 3 is 0.737 bits per heavy atom. The van der Waals surface area contributed by atoms with Gasteiger partial charge in [0.15, 0.2) is 20.2 Å². The summed E-state index contributed by atoms with van der Waals surface area (Å²) in [6, 6.07) is 49.4. The van der Waals surface area contributed by atoms with Gasteiger partial charge < -0.3 is 19.7 Å². The molecule has 6 rings (SSSR count). The van der Waals surface area contributed by atoms with Gasteiger partial charge in [-0.05, 0) is 116 Å². The topological polar surface area (TPSA) is 167 Å². The van der Waals surface area contributed by atoms with E-state index in [0.29, 0.717) is 0 Å². The van der Waals surface area contributed by atoms with E-state index in [-0.39, 0.29) is 39.0 Å². The number of allylic oxidation sites excluding steroid dienone is 4. The van der Waals surface area contributed by atoms with Crippen molar-refractivity contribution >= 4 is 54.4 Å². The van der Waals surface area contributed by atoms with E-state index < -0.39 is 31.3 Å². The molecular formula is C56H62F6N4O6Ru2S2. The second-order valence-electron chi connectivity index (χ2n) is 16.8. The van der Waals surface area contributed by atoms with Crippen molar-refractivity contribution in [3.05, 3.63) is 224 Å². The Kier molecular flexibility index (Phi) is 33.3. The molecule has 0 aromatic heterocycles. The van der Waals surface area contributed by atoms with Crippen molar-refractivity contribution in [2.75, 3.05) is 0 Å². The first-order chi connectivity index (χ1) is 34.1. The van der Waals surface area contributed by atoms with E-state index in [4.69, 9.17) is 25.9 Å². The van der Waals surface area contributed by atoms with Crippen LogP contribution < -0.4 is 0 Å². The standard InChI is InChI=1S/2C21H25N2.2C6H6.2CHF3O3S.2Ru/c2*1-14-7-15(2)10-20(9-14)22-18(5)13-19(6)23-21-11-16(3)8-17(4)12-21;2*1-2-4-6-5-3-1;2*2-1(3,4)8(5,6)7;;/h2*7-13H,1-6H3;2*1-6H;2*(H,5,6,7);;/q2*-1;;;;;2*+2/p-2/b2*18-13-,23-19?;;;;;;. The van der Waals surface area contributed by atoms with Crippen LogP contribution in [0.25, 0.3) is 10.6 Å². The normalized spacial score (nSPS) is 11.7. The van der Waals surface area contributed by atoms with Crippen molar-refractivity contribution in [2.45, 2.75) is 94.1 Å². The van der Waals surface area contributed by atoms with Crippen molar-refractivity contribution < 1.29 is 91.2 Å². The summed E-state index contributed by atoms with van der Waals surface area (Å²) >= 11 is 0. The quantitative estimate of drug-likeness (QED) is 0.0483. The third-order valence-corrected chi connectivity index (χ3v) is 9.92. The molecular weight excluding hydrogens is 1200 g/mol. The molecule has 20 heteroatoms. The maximum atomic E-state index is 10.7. The second kappa shape index (κ2) is 34.9. The first-order valence-electron chi connectivity index (χ1n) is 22.4. The maximum absolute atomic E-state index is 10.7. The van der Waals surface area contributed by atoms with Crippen LogP contribution in [0.2, 0.25) is 0 Å². The Bertz CT molecular complexity index is 2720. The van der Waals surface area contributed by atoms with Gasteiger partial charge in [0, 0.05) is 11.4 Å². The van der Waals surface area contributed by atoms with Crippen LogP contribution in [0, 0.1) is 55.4 Å². The molecule has 6 aromatic carbocycles. The molecule has 412 valence electrons. The van der Waals surface area contributed by atoms with Crippen molar-refractivity contribution in [3.8, 4) is 0 Å². The van der Waals surface area contributed by atoms with Gasteiger partial charge in [-0.1, -0.05) is 170 Å². The molecule has 0 saturated heterocycles. The molecule has 0 amide bonds. The Balaban J connectivity index is 0. The summed E-state index contributed by atoms with van der Waals surface area (Å²) in [5.74, 6) is 0. The number of alkyl halides is 6. The zero-order valence-electron chi connectivity index (χ0n) is 44.0. The van der Waals surface area contributed by atoms with Gasteiger partial charge in [-0.25, -0.2) is 16.8 Å². The molecule has 0 spiro atoms. The van der Waals surface area contributed by atoms with Crippen molar-refractivity contribution in [2.24, 2.45) is 9.98 Å². The molecule has 0 unspecified atom stereocenters. The van der Waals surface area contributed by atoms with Gasteiger partial charge in [-0.3, -0.25) is 9.98 Å². The van der Waals surface area contributed by atoms with Gasteiger partial charge in [0.2, 0.25) is 0 Å². The second-order valence-corrected chi connectivity index (χ2v) is 19.5. The smallest absolute Gasteiger partial charge is 0.741 e. The van der Waals surface area contributed by atoms with Gasteiger partial charge in [-0.2, -0.15) is 37.7 Å². The van der Waals surface area contributed by atoms with Gasteiger partial charge in [0.05, 0.1) is 11.4 Å². The summed E-state index contributed by atoms with van der Waals surface area (Å²) < 4.78 is 118. The summed E-state index contributed by atoms with van der Waals surface area (Å²) in [5.41, 5.74) is 6.40. The molecule has 76 heavy (non-hydrogen) atoms. The van der Waals surface area contributed by atoms with Gasteiger partial charge in [0.1, 0.15) is 0 Å². The van der Waals surface area contributed by atoms with E-state index in [0.717, 1.165) is 45.6 Å². The molecule has 10 nitrogen and oxygen atoms in total. The summed E-state index contributed by atoms with van der Waals surface area (Å²) in [7, 11) is -12.2. The monoisotopic (exact) mass is 1270 g/mol. The van der Waals surface area contributed by atoms with Crippen LogP contribution in [-0.2, 0) is 59.2 Å². The number of aryl methyl sites for hydroxylation is 8. The first kappa shape index (κ1) is 72.5. The molecule has 0 fully saturated rings. The van der Waals surface area contributed by atoms with Crippen LogP contribution in [0.1, 0.15) is 72.2 Å². The summed E-state index contributed by atoms with van der Waals surface area (Å²) in [6.07, 6.45) is 4.05. The van der Waals surface area contributed by atoms with Crippen LogP contribution in [-0.4, -0.2) is 48.4 Å². The molecule has 0 atom stereocenters. The number of benzene rings is 6. The van der Waals surface area contributed by atoms with Crippen LogP contribution in [0.3, 0.4) is 0 Å². The van der Waals surface area contributed by atoms with E-state index in [9.17, 15) is 26.3 Å². The van der Waals surface area contributed by atoms with Gasteiger partial charge in [-0.15, -0.1) is 11.4 Å².